The van der Waals surface area contributed by atoms with E-state index in [-0.39, 0.29) is 58.7 Å². The molecule has 0 fully saturated rings. The minimum Gasteiger partial charge on any atom is -0.508 e. The van der Waals surface area contributed by atoms with Gasteiger partial charge in [0.2, 0.25) is 0 Å². The van der Waals surface area contributed by atoms with E-state index in [1.807, 2.05) is 12.1 Å². The molecule has 0 aromatic heterocycles. The summed E-state index contributed by atoms with van der Waals surface area (Å²) in [5.74, 6) is -1.91. The number of rotatable bonds is 12. The van der Waals surface area contributed by atoms with Crippen molar-refractivity contribution in [3.8, 4) is 34.5 Å². The summed E-state index contributed by atoms with van der Waals surface area (Å²) in [5, 5.41) is 59.4. The fourth-order valence-corrected chi connectivity index (χ4v) is 6.11. The van der Waals surface area contributed by atoms with Crippen molar-refractivity contribution in [1.82, 2.24) is 0 Å². The van der Waals surface area contributed by atoms with Gasteiger partial charge in [-0.1, -0.05) is 18.2 Å². The summed E-state index contributed by atoms with van der Waals surface area (Å²) in [7, 11) is 0. The van der Waals surface area contributed by atoms with E-state index in [0.29, 0.717) is 33.8 Å². The average molecular weight is 769 g/mol. The van der Waals surface area contributed by atoms with Crippen LogP contribution in [0, 0.1) is 20.2 Å². The van der Waals surface area contributed by atoms with E-state index in [0.717, 1.165) is 12.1 Å². The lowest BCUT2D eigenvalue weighted by atomic mass is 9.77. The number of carboxylic acids is 2. The molecule has 2 heterocycles. The highest BCUT2D eigenvalue weighted by Crippen LogP contribution is 2.56. The smallest absolute Gasteiger partial charge is 0.341 e. The van der Waals surface area contributed by atoms with Gasteiger partial charge in [0.25, 0.3) is 11.4 Å². The lowest BCUT2D eigenvalue weighted by molar-refractivity contribution is -0.386. The molecule has 0 bridgehead atoms. The summed E-state index contributed by atoms with van der Waals surface area (Å²) in [6, 6.07) is 23.8. The van der Waals surface area contributed by atoms with Gasteiger partial charge in [0, 0.05) is 41.0 Å². The summed E-state index contributed by atoms with van der Waals surface area (Å²) in [4.78, 5) is 54.8. The van der Waals surface area contributed by atoms with Gasteiger partial charge in [-0.05, 0) is 54.6 Å². The Balaban J connectivity index is 0.000000193. The number of carbonyl (C=O) groups excluding carboxylic acids is 1. The molecule has 1 spiro atoms. The maximum absolute atomic E-state index is 12.5. The number of phenols is 2. The fraction of sp³-hybridized carbons (Fsp3) is 0.132. The van der Waals surface area contributed by atoms with Gasteiger partial charge in [0.1, 0.15) is 34.5 Å². The van der Waals surface area contributed by atoms with Gasteiger partial charge in [-0.3, -0.25) is 20.2 Å². The van der Waals surface area contributed by atoms with Crippen LogP contribution in [0.4, 0.5) is 11.4 Å². The van der Waals surface area contributed by atoms with Crippen molar-refractivity contribution in [1.29, 1.82) is 0 Å². The molecule has 0 atom stereocenters. The third kappa shape index (κ3) is 7.80. The van der Waals surface area contributed by atoms with Crippen molar-refractivity contribution in [3.63, 3.8) is 0 Å². The molecule has 286 valence electrons. The molecule has 5 aromatic carbocycles. The van der Waals surface area contributed by atoms with Crippen LogP contribution in [0.15, 0.2) is 97.1 Å². The molecule has 18 nitrogen and oxygen atoms in total. The van der Waals surface area contributed by atoms with Crippen LogP contribution in [0.3, 0.4) is 0 Å². The number of fused-ring (bicyclic) bond motifs is 6. The SMILES string of the molecule is O=C(O)COc1ccc([N+](=O)[O-])c(COCc2cc(OCC(=O)O)ccc2[N+](=O)[O-])c1.O=C1OC2(c3ccc(O)cc3Oc3cc(O)ccc32)c2ccccc21. The molecule has 4 N–H and O–H groups in total. The number of ether oxygens (including phenoxy) is 5. The molecule has 0 saturated heterocycles. The first-order valence-electron chi connectivity index (χ1n) is 16.3. The molecule has 0 amide bonds. The lowest BCUT2D eigenvalue weighted by Crippen LogP contribution is -2.32. The van der Waals surface area contributed by atoms with Gasteiger partial charge >= 0.3 is 17.9 Å². The van der Waals surface area contributed by atoms with Crippen LogP contribution < -0.4 is 14.2 Å². The molecule has 0 saturated carbocycles. The number of hydrogen-bond donors (Lipinski definition) is 4. The van der Waals surface area contributed by atoms with E-state index in [1.54, 1.807) is 24.3 Å². The van der Waals surface area contributed by atoms with Crippen LogP contribution in [-0.4, -0.2) is 61.4 Å². The highest BCUT2D eigenvalue weighted by Gasteiger charge is 2.53. The molecule has 2 aliphatic rings. The van der Waals surface area contributed by atoms with Crippen LogP contribution in [0.1, 0.15) is 38.2 Å². The molecular weight excluding hydrogens is 740 g/mol. The zero-order valence-corrected chi connectivity index (χ0v) is 28.6. The van der Waals surface area contributed by atoms with Crippen molar-refractivity contribution in [2.45, 2.75) is 18.8 Å². The third-order valence-electron chi connectivity index (χ3n) is 8.42. The molecule has 56 heavy (non-hydrogen) atoms. The van der Waals surface area contributed by atoms with Crippen molar-refractivity contribution in [3.05, 3.63) is 151 Å². The second-order valence-corrected chi connectivity index (χ2v) is 12.0. The Labute approximate surface area is 314 Å². The van der Waals surface area contributed by atoms with Gasteiger partial charge in [0.05, 0.1) is 39.8 Å². The Hall–Kier alpha value is -7.73. The van der Waals surface area contributed by atoms with E-state index in [9.17, 15) is 44.8 Å². The number of nitro groups is 2. The number of phenolic OH excluding ortho intramolecular Hbond substituents is 2. The summed E-state index contributed by atoms with van der Waals surface area (Å²) >= 11 is 0. The number of benzene rings is 5. The summed E-state index contributed by atoms with van der Waals surface area (Å²) < 4.78 is 27.1. The fourth-order valence-electron chi connectivity index (χ4n) is 6.11. The summed E-state index contributed by atoms with van der Waals surface area (Å²) in [5.41, 5.74) is 0.792. The van der Waals surface area contributed by atoms with Crippen molar-refractivity contribution < 1.29 is 68.3 Å². The van der Waals surface area contributed by atoms with Crippen LogP contribution in [0.2, 0.25) is 0 Å². The number of hydrogen-bond acceptors (Lipinski definition) is 14. The normalized spacial score (nSPS) is 12.8. The van der Waals surface area contributed by atoms with E-state index < -0.39 is 46.6 Å². The number of aromatic hydroxyl groups is 2. The Morgan fingerprint density at radius 1 is 0.661 bits per heavy atom. The molecule has 0 radical (unpaired) electrons. The Kier molecular flexibility index (Phi) is 10.7. The van der Waals surface area contributed by atoms with Crippen molar-refractivity contribution in [2.75, 3.05) is 13.2 Å². The molecule has 2 aliphatic heterocycles. The Morgan fingerprint density at radius 3 is 1.61 bits per heavy atom. The van der Waals surface area contributed by atoms with Gasteiger partial charge in [-0.2, -0.15) is 0 Å². The highest BCUT2D eigenvalue weighted by molar-refractivity contribution is 5.97. The largest absolute Gasteiger partial charge is 0.508 e. The number of nitrogens with zero attached hydrogens (tertiary/aromatic N) is 2. The van der Waals surface area contributed by atoms with Gasteiger partial charge in [-0.25, -0.2) is 14.4 Å². The minimum atomic E-state index is -1.23. The van der Waals surface area contributed by atoms with Gasteiger partial charge in [-0.15, -0.1) is 0 Å². The monoisotopic (exact) mass is 768 g/mol. The maximum atomic E-state index is 12.5. The zero-order valence-electron chi connectivity index (χ0n) is 28.6. The molecule has 18 heteroatoms. The first kappa shape index (κ1) is 38.0. The van der Waals surface area contributed by atoms with Crippen molar-refractivity contribution >= 4 is 29.3 Å². The highest BCUT2D eigenvalue weighted by atomic mass is 16.6. The predicted molar refractivity (Wildman–Crippen MR) is 189 cm³/mol. The summed E-state index contributed by atoms with van der Waals surface area (Å²) in [6.07, 6.45) is 0. The Morgan fingerprint density at radius 2 is 1.14 bits per heavy atom. The molecule has 7 rings (SSSR count). The number of aliphatic carboxylic acids is 2. The van der Waals surface area contributed by atoms with Crippen LogP contribution in [0.25, 0.3) is 0 Å². The van der Waals surface area contributed by atoms with Crippen LogP contribution >= 0.6 is 0 Å². The van der Waals surface area contributed by atoms with Gasteiger partial charge < -0.3 is 44.1 Å². The quantitative estimate of drug-likeness (QED) is 0.0662. The second kappa shape index (κ2) is 15.7. The number of carboxylic acid groups (broad SMARTS) is 2. The lowest BCUT2D eigenvalue weighted by Gasteiger charge is -2.36. The predicted octanol–water partition coefficient (Wildman–Crippen LogP) is 5.81. The van der Waals surface area contributed by atoms with E-state index in [4.69, 9.17) is 33.9 Å². The van der Waals surface area contributed by atoms with Gasteiger partial charge in [0.15, 0.2) is 18.8 Å². The van der Waals surface area contributed by atoms with Crippen LogP contribution in [0.5, 0.6) is 34.5 Å². The maximum Gasteiger partial charge on any atom is 0.341 e. The van der Waals surface area contributed by atoms with E-state index in [1.165, 1.54) is 48.5 Å². The Bertz CT molecular complexity index is 2260. The molecule has 0 unspecified atom stereocenters. The standard InChI is InChI=1S/C20H12O5.C18H16N2O11/c21-11-5-7-15-17(9-11)24-18-10-12(22)6-8-16(18)20(15)14-4-2-1-3-13(14)19(23)25-20;21-17(22)9-30-13-1-3-15(19(25)26)11(5-13)7-29-8-12-6-14(31-10-18(23)24)2-4-16(12)20(27)28/h1-10,21-22H;1-6H,7-10H2,(H,21,22)(H,23,24). The zero-order chi connectivity index (χ0) is 40.1. The topological polar surface area (TPSA) is 265 Å². The first-order valence-corrected chi connectivity index (χ1v) is 16.3. The molecular formula is C38H28N2O16. The number of carbonyl (C=O) groups is 3. The van der Waals surface area contributed by atoms with Crippen molar-refractivity contribution in [2.24, 2.45) is 0 Å². The number of esters is 1. The third-order valence-corrected chi connectivity index (χ3v) is 8.42. The number of nitro benzene ring substituents is 2. The molecule has 5 aromatic rings. The van der Waals surface area contributed by atoms with E-state index >= 15 is 0 Å². The average Bonchev–Trinajstić information content (AvgIpc) is 3.45. The molecule has 0 aliphatic carbocycles. The van der Waals surface area contributed by atoms with Crippen LogP contribution in [-0.2, 0) is 37.9 Å². The summed E-state index contributed by atoms with van der Waals surface area (Å²) in [6.45, 7) is -1.96. The van der Waals surface area contributed by atoms with E-state index in [2.05, 4.69) is 0 Å². The second-order valence-electron chi connectivity index (χ2n) is 12.0. The first-order chi connectivity index (χ1) is 26.8. The minimum absolute atomic E-state index is 0.0371.